The quantitative estimate of drug-likeness (QED) is 0.889. The highest BCUT2D eigenvalue weighted by Gasteiger charge is 2.44. The van der Waals surface area contributed by atoms with Crippen LogP contribution in [-0.4, -0.2) is 33.0 Å². The largest absolute Gasteiger partial charge is 0.389 e. The van der Waals surface area contributed by atoms with E-state index in [1.54, 1.807) is 0 Å². The molecule has 1 saturated carbocycles. The molecule has 0 radical (unpaired) electrons. The number of para-hydroxylation sites is 2. The van der Waals surface area contributed by atoms with Crippen molar-refractivity contribution in [2.45, 2.75) is 57.8 Å². The van der Waals surface area contributed by atoms with Crippen LogP contribution in [0.3, 0.4) is 0 Å². The minimum absolute atomic E-state index is 0.212. The van der Waals surface area contributed by atoms with Crippen molar-refractivity contribution in [2.24, 2.45) is 0 Å². The lowest BCUT2D eigenvalue weighted by atomic mass is 9.75. The Labute approximate surface area is 125 Å². The summed E-state index contributed by atoms with van der Waals surface area (Å²) in [5, 5.41) is 10.6. The molecule has 1 fully saturated rings. The molecule has 3 rings (SSSR count). The lowest BCUT2D eigenvalue weighted by Gasteiger charge is -2.43. The Balaban J connectivity index is 1.82. The molecule has 1 heterocycles. The Kier molecular flexibility index (Phi) is 4.00. The smallest absolute Gasteiger partial charge is 0.112 e. The molecule has 4 nitrogen and oxygen atoms in total. The number of nitrogens with zero attached hydrogens (tertiary/aromatic N) is 2. The average Bonchev–Trinajstić information content (AvgIpc) is 2.76. The highest BCUT2D eigenvalue weighted by Crippen LogP contribution is 2.37. The van der Waals surface area contributed by atoms with Crippen molar-refractivity contribution in [3.63, 3.8) is 0 Å². The zero-order valence-corrected chi connectivity index (χ0v) is 12.9. The van der Waals surface area contributed by atoms with E-state index in [-0.39, 0.29) is 6.10 Å². The summed E-state index contributed by atoms with van der Waals surface area (Å²) in [5.74, 6) is 0.996. The van der Waals surface area contributed by atoms with E-state index in [9.17, 15) is 5.11 Å². The highest BCUT2D eigenvalue weighted by atomic mass is 16.5. The second-order valence-corrected chi connectivity index (χ2v) is 6.06. The van der Waals surface area contributed by atoms with Crippen molar-refractivity contribution in [3.05, 3.63) is 30.1 Å². The molecule has 0 spiro atoms. The Morgan fingerprint density at radius 3 is 2.81 bits per heavy atom. The maximum atomic E-state index is 10.6. The van der Waals surface area contributed by atoms with E-state index in [2.05, 4.69) is 17.6 Å². The van der Waals surface area contributed by atoms with Crippen LogP contribution in [-0.2, 0) is 17.7 Å². The van der Waals surface area contributed by atoms with Crippen LogP contribution in [0.4, 0.5) is 0 Å². The normalized spacial score (nSPS) is 25.2. The molecule has 0 atom stereocenters. The second-order valence-electron chi connectivity index (χ2n) is 6.06. The summed E-state index contributed by atoms with van der Waals surface area (Å²) in [5.41, 5.74) is 1.54. The van der Waals surface area contributed by atoms with Crippen LogP contribution >= 0.6 is 0 Å². The van der Waals surface area contributed by atoms with Crippen LogP contribution in [0.15, 0.2) is 24.3 Å². The third-order valence-corrected chi connectivity index (χ3v) is 4.29. The van der Waals surface area contributed by atoms with E-state index in [0.29, 0.717) is 6.42 Å². The van der Waals surface area contributed by atoms with Gasteiger partial charge in [0, 0.05) is 32.4 Å². The summed E-state index contributed by atoms with van der Waals surface area (Å²) < 4.78 is 7.81. The van der Waals surface area contributed by atoms with Crippen LogP contribution in [0.2, 0.25) is 0 Å². The Bertz CT molecular complexity index is 614. The Morgan fingerprint density at radius 1 is 1.33 bits per heavy atom. The number of rotatable bonds is 6. The van der Waals surface area contributed by atoms with Gasteiger partial charge in [-0.2, -0.15) is 0 Å². The van der Waals surface area contributed by atoms with Crippen LogP contribution in [0.5, 0.6) is 0 Å². The van der Waals surface area contributed by atoms with Crippen molar-refractivity contribution in [1.82, 2.24) is 9.55 Å². The van der Waals surface area contributed by atoms with Gasteiger partial charge in [-0.3, -0.25) is 0 Å². The summed E-state index contributed by atoms with van der Waals surface area (Å²) in [6.45, 7) is 5.83. The lowest BCUT2D eigenvalue weighted by Crippen LogP contribution is -2.50. The summed E-state index contributed by atoms with van der Waals surface area (Å²) in [4.78, 5) is 4.73. The Hall–Kier alpha value is -1.39. The van der Waals surface area contributed by atoms with Gasteiger partial charge in [0.05, 0.1) is 22.7 Å². The predicted molar refractivity (Wildman–Crippen MR) is 83.3 cm³/mol. The van der Waals surface area contributed by atoms with E-state index in [4.69, 9.17) is 9.72 Å². The summed E-state index contributed by atoms with van der Waals surface area (Å²) >= 11 is 0. The molecule has 0 aliphatic heterocycles. The first-order valence-electron chi connectivity index (χ1n) is 7.93. The molecule has 1 aliphatic carbocycles. The van der Waals surface area contributed by atoms with Gasteiger partial charge in [0.2, 0.25) is 0 Å². The zero-order chi connectivity index (χ0) is 14.9. The first-order chi connectivity index (χ1) is 10.1. The molecule has 4 heteroatoms. The van der Waals surface area contributed by atoms with Crippen LogP contribution in [0.25, 0.3) is 11.0 Å². The molecule has 0 bridgehead atoms. The van der Waals surface area contributed by atoms with Crippen molar-refractivity contribution in [3.8, 4) is 0 Å². The molecule has 0 amide bonds. The van der Waals surface area contributed by atoms with Gasteiger partial charge < -0.3 is 14.4 Å². The molecule has 1 N–H and O–H groups in total. The zero-order valence-electron chi connectivity index (χ0n) is 12.9. The van der Waals surface area contributed by atoms with E-state index >= 15 is 0 Å². The monoisotopic (exact) mass is 288 g/mol. The number of aliphatic hydroxyl groups is 1. The number of fused-ring (bicyclic) bond motifs is 1. The molecule has 0 unspecified atom stereocenters. The third-order valence-electron chi connectivity index (χ3n) is 4.29. The fourth-order valence-corrected chi connectivity index (χ4v) is 3.31. The molecule has 1 aromatic carbocycles. The van der Waals surface area contributed by atoms with Crippen molar-refractivity contribution in [1.29, 1.82) is 0 Å². The maximum absolute atomic E-state index is 10.6. The number of aromatic nitrogens is 2. The molecule has 1 aliphatic rings. The first-order valence-corrected chi connectivity index (χ1v) is 7.93. The van der Waals surface area contributed by atoms with Gasteiger partial charge in [0.1, 0.15) is 5.82 Å². The molecule has 114 valence electrons. The number of hydrogen-bond donors (Lipinski definition) is 1. The van der Waals surface area contributed by atoms with E-state index in [1.807, 2.05) is 25.1 Å². The van der Waals surface area contributed by atoms with Gasteiger partial charge in [-0.15, -0.1) is 0 Å². The van der Waals surface area contributed by atoms with Crippen molar-refractivity contribution in [2.75, 3.05) is 6.61 Å². The highest BCUT2D eigenvalue weighted by molar-refractivity contribution is 5.75. The minimum Gasteiger partial charge on any atom is -0.389 e. The standard InChI is InChI=1S/C17H24N2O2/c1-3-9-19-15-8-6-5-7-14(15)18-16(19)12-17(20)10-13(11-17)21-4-2/h5-8,13,20H,3-4,9-12H2,1-2H3. The maximum Gasteiger partial charge on any atom is 0.112 e. The van der Waals surface area contributed by atoms with Gasteiger partial charge >= 0.3 is 0 Å². The van der Waals surface area contributed by atoms with Gasteiger partial charge in [0.25, 0.3) is 0 Å². The predicted octanol–water partition coefficient (Wildman–Crippen LogP) is 2.92. The van der Waals surface area contributed by atoms with Crippen molar-refractivity contribution >= 4 is 11.0 Å². The van der Waals surface area contributed by atoms with Gasteiger partial charge in [0.15, 0.2) is 0 Å². The fourth-order valence-electron chi connectivity index (χ4n) is 3.31. The number of hydrogen-bond acceptors (Lipinski definition) is 3. The number of ether oxygens (including phenoxy) is 1. The summed E-state index contributed by atoms with van der Waals surface area (Å²) in [6.07, 6.45) is 3.33. The van der Waals surface area contributed by atoms with Crippen LogP contribution in [0, 0.1) is 0 Å². The average molecular weight is 288 g/mol. The summed E-state index contributed by atoms with van der Waals surface area (Å²) in [7, 11) is 0. The molecule has 1 aromatic heterocycles. The van der Waals surface area contributed by atoms with Gasteiger partial charge in [-0.05, 0) is 25.5 Å². The van der Waals surface area contributed by atoms with E-state index < -0.39 is 5.60 Å². The van der Waals surface area contributed by atoms with Gasteiger partial charge in [-0.1, -0.05) is 19.1 Å². The van der Waals surface area contributed by atoms with E-state index in [1.165, 1.54) is 5.52 Å². The molecule has 21 heavy (non-hydrogen) atoms. The molecular weight excluding hydrogens is 264 g/mol. The van der Waals surface area contributed by atoms with Crippen molar-refractivity contribution < 1.29 is 9.84 Å². The lowest BCUT2D eigenvalue weighted by molar-refractivity contribution is -0.137. The number of imidazole rings is 1. The summed E-state index contributed by atoms with van der Waals surface area (Å²) in [6, 6.07) is 8.20. The van der Waals surface area contributed by atoms with Gasteiger partial charge in [-0.25, -0.2) is 4.98 Å². The number of benzene rings is 1. The molecule has 0 saturated heterocycles. The molecular formula is C17H24N2O2. The van der Waals surface area contributed by atoms with E-state index in [0.717, 1.165) is 43.8 Å². The Morgan fingerprint density at radius 2 is 2.10 bits per heavy atom. The number of aryl methyl sites for hydroxylation is 1. The van der Waals surface area contributed by atoms with Crippen LogP contribution in [0.1, 0.15) is 38.9 Å². The third kappa shape index (κ3) is 2.83. The fraction of sp³-hybridized carbons (Fsp3) is 0.588. The first kappa shape index (κ1) is 14.5. The minimum atomic E-state index is -0.646. The second kappa shape index (κ2) is 5.78. The molecule has 2 aromatic rings. The van der Waals surface area contributed by atoms with Crippen LogP contribution < -0.4 is 0 Å². The SMILES string of the molecule is CCCn1c(CC2(O)CC(OCC)C2)nc2ccccc21. The topological polar surface area (TPSA) is 47.3 Å².